The fourth-order valence-corrected chi connectivity index (χ4v) is 10.0. The number of nitrogens with two attached hydrogens (primary N) is 3. The van der Waals surface area contributed by atoms with E-state index in [-0.39, 0.29) is 67.4 Å². The molecule has 29 heteroatoms. The Morgan fingerprint density at radius 1 is 0.473 bits per heavy atom. The van der Waals surface area contributed by atoms with Crippen LogP contribution in [0, 0.1) is 5.92 Å². The van der Waals surface area contributed by atoms with Crippen molar-refractivity contribution in [2.24, 2.45) is 23.1 Å². The van der Waals surface area contributed by atoms with Crippen molar-refractivity contribution < 1.29 is 68.4 Å². The molecule has 91 heavy (non-hydrogen) atoms. The maximum Gasteiger partial charge on any atom is 0.244 e. The molecule has 0 aliphatic heterocycles. The second-order valence-electron chi connectivity index (χ2n) is 22.4. The number of H-pyrrole nitrogens is 1. The van der Waals surface area contributed by atoms with Crippen LogP contribution in [-0.4, -0.2) is 169 Å². The molecule has 27 nitrogen and oxygen atoms in total. The molecule has 5 rings (SSSR count). The van der Waals surface area contributed by atoms with Gasteiger partial charge in [0.15, 0.2) is 0 Å². The van der Waals surface area contributed by atoms with Crippen LogP contribution in [0.5, 0.6) is 17.2 Å². The molecule has 11 atom stereocenters. The van der Waals surface area contributed by atoms with Gasteiger partial charge in [-0.2, -0.15) is 25.3 Å². The van der Waals surface area contributed by atoms with E-state index in [4.69, 9.17) is 17.2 Å². The first-order valence-electron chi connectivity index (χ1n) is 29.5. The van der Waals surface area contributed by atoms with Gasteiger partial charge in [-0.05, 0) is 117 Å². The van der Waals surface area contributed by atoms with Crippen molar-refractivity contribution in [2.75, 3.05) is 18.1 Å². The number of aromatic amines is 1. The molecule has 1 aromatic heterocycles. The first kappa shape index (κ1) is 72.8. The molecular weight excluding hydrogens is 1210 g/mol. The third-order valence-electron chi connectivity index (χ3n) is 14.8. The molecule has 0 unspecified atom stereocenters. The highest BCUT2D eigenvalue weighted by Crippen LogP contribution is 2.21. The van der Waals surface area contributed by atoms with Gasteiger partial charge >= 0.3 is 0 Å². The Morgan fingerprint density at radius 3 is 1.35 bits per heavy atom. The Labute approximate surface area is 537 Å². The lowest BCUT2D eigenvalue weighted by molar-refractivity contribution is -0.136. The summed E-state index contributed by atoms with van der Waals surface area (Å²) in [6.45, 7) is 6.07. The van der Waals surface area contributed by atoms with Crippen molar-refractivity contribution in [1.29, 1.82) is 0 Å². The summed E-state index contributed by atoms with van der Waals surface area (Å²) in [7, 11) is 0. The predicted octanol–water partition coefficient (Wildman–Crippen LogP) is -1.22. The molecule has 0 fully saturated rings. The van der Waals surface area contributed by atoms with E-state index in [0.29, 0.717) is 46.0 Å². The van der Waals surface area contributed by atoms with Gasteiger partial charge < -0.3 is 90.5 Å². The molecule has 0 spiro atoms. The normalized spacial score (nSPS) is 14.9. The summed E-state index contributed by atoms with van der Waals surface area (Å²) in [4.78, 5) is 142. The molecule has 0 radical (unpaired) electrons. The fourth-order valence-electron chi connectivity index (χ4n) is 9.52. The summed E-state index contributed by atoms with van der Waals surface area (Å²) in [5.41, 5.74) is 20.1. The van der Waals surface area contributed by atoms with E-state index in [2.05, 4.69) is 78.1 Å². The summed E-state index contributed by atoms with van der Waals surface area (Å²) >= 11 is 8.56. The smallest absolute Gasteiger partial charge is 0.244 e. The molecule has 0 saturated heterocycles. The van der Waals surface area contributed by atoms with Crippen molar-refractivity contribution in [2.45, 2.75) is 139 Å². The lowest BCUT2D eigenvalue weighted by Gasteiger charge is -2.29. The van der Waals surface area contributed by atoms with E-state index >= 15 is 0 Å². The summed E-state index contributed by atoms with van der Waals surface area (Å²) in [6.07, 6.45) is 0.437. The number of aromatic hydroxyl groups is 3. The number of amides is 10. The minimum absolute atomic E-state index is 0.00631. The number of rotatable bonds is 35. The van der Waals surface area contributed by atoms with Crippen molar-refractivity contribution in [3.05, 3.63) is 126 Å². The number of fused-ring (bicyclic) bond motifs is 1. The van der Waals surface area contributed by atoms with Crippen LogP contribution in [0.4, 0.5) is 0 Å². The van der Waals surface area contributed by atoms with E-state index in [9.17, 15) is 68.4 Å². The Bertz CT molecular complexity index is 3300. The number of primary amides is 1. The first-order chi connectivity index (χ1) is 43.2. The van der Waals surface area contributed by atoms with Crippen LogP contribution >= 0.6 is 25.3 Å². The second-order valence-corrected chi connectivity index (χ2v) is 23.1. The zero-order valence-corrected chi connectivity index (χ0v) is 52.6. The number of para-hydroxylation sites is 1. The van der Waals surface area contributed by atoms with Crippen molar-refractivity contribution >= 4 is 95.2 Å². The van der Waals surface area contributed by atoms with Crippen LogP contribution < -0.4 is 65.1 Å². The third kappa shape index (κ3) is 22.5. The van der Waals surface area contributed by atoms with Gasteiger partial charge in [0.25, 0.3) is 0 Å². The number of unbranched alkanes of at least 4 members (excludes halogenated alkanes) is 1. The molecule has 5 aromatic rings. The van der Waals surface area contributed by atoms with Crippen LogP contribution in [0.1, 0.15) is 69.2 Å². The van der Waals surface area contributed by atoms with Gasteiger partial charge in [0.05, 0.1) is 12.1 Å². The zero-order valence-electron chi connectivity index (χ0n) is 50.8. The molecular formula is C62H83N13O14S2. The molecule has 20 N–H and O–H groups in total. The number of carbonyl (C=O) groups is 10. The first-order valence-corrected chi connectivity index (χ1v) is 30.7. The van der Waals surface area contributed by atoms with E-state index in [1.165, 1.54) is 74.5 Å². The van der Waals surface area contributed by atoms with Crippen molar-refractivity contribution in [3.63, 3.8) is 0 Å². The highest BCUT2D eigenvalue weighted by molar-refractivity contribution is 7.80. The quantitative estimate of drug-likeness (QED) is 0.0167. The number of hydrogen-bond acceptors (Lipinski definition) is 18. The maximum absolute atomic E-state index is 15.0. The number of aliphatic hydroxyl groups is 1. The summed E-state index contributed by atoms with van der Waals surface area (Å²) in [5.74, 6) is -10.1. The number of aromatic nitrogens is 1. The molecule has 0 aliphatic carbocycles. The van der Waals surface area contributed by atoms with Gasteiger partial charge in [-0.1, -0.05) is 68.4 Å². The van der Waals surface area contributed by atoms with Crippen molar-refractivity contribution in [1.82, 2.24) is 52.8 Å². The highest BCUT2D eigenvalue weighted by Gasteiger charge is 2.37. The second kappa shape index (κ2) is 35.5. The average Bonchev–Trinajstić information content (AvgIpc) is 1.93. The predicted molar refractivity (Wildman–Crippen MR) is 345 cm³/mol. The van der Waals surface area contributed by atoms with Gasteiger partial charge in [0, 0.05) is 47.9 Å². The molecule has 492 valence electrons. The van der Waals surface area contributed by atoms with Crippen LogP contribution in [0.2, 0.25) is 0 Å². The standard InChI is InChI=1S/C62H83N13O14S2/c1-32(2)51(62(89)73-50(31-91)61(88)75-52(34(4)76)53(65)80)74-56(83)45(11-7-8-24-63)68-59(86)48(28-38-29-66-44-10-6-5-9-42(38)44)71-57(84)47(27-37-16-22-41(79)23-17-37)70-60(87)49(30-90)72-58(85)46(26-36-14-20-40(78)21-15-36)69-54(81)33(3)67-55(82)43(64)25-35-12-18-39(77)19-13-35/h5-6,9-10,12-23,29,32-34,43,45-52,66,76-79,90-91H,7-8,11,24-28,30-31,63-64H2,1-4H3,(H2,65,80)(H,67,82)(H,68,86)(H,69,81)(H,70,87)(H,71,84)(H,72,85)(H,73,89)(H,74,83)(H,75,88)/t33-,34+,43-,45-,46+,47-,48+,49-,50-,51-,52-/m0/s1. The molecule has 0 saturated carbocycles. The van der Waals surface area contributed by atoms with Crippen LogP contribution in [0.15, 0.2) is 103 Å². The number of hydrogen-bond donors (Lipinski definition) is 19. The highest BCUT2D eigenvalue weighted by atomic mass is 32.1. The SMILES string of the molecule is CC(C)[C@H](NC(=O)[C@H](CCCCN)NC(=O)[C@@H](Cc1c[nH]c2ccccc12)NC(=O)[C@H](Cc1ccc(O)cc1)NC(=O)[C@H](CS)NC(=O)[C@@H](Cc1ccc(O)cc1)NC(=O)[C@H](C)NC(=O)[C@@H](N)Cc1ccc(O)cc1)C(=O)N[C@@H](CS)C(=O)N[C@H](C(N)=O)[C@@H](C)O. The van der Waals surface area contributed by atoms with Gasteiger partial charge in [0.2, 0.25) is 59.1 Å². The topological polar surface area (TPSA) is 454 Å². The Hall–Kier alpha value is -8.90. The minimum atomic E-state index is -1.53. The van der Waals surface area contributed by atoms with Crippen LogP contribution in [0.25, 0.3) is 10.9 Å². The summed E-state index contributed by atoms with van der Waals surface area (Å²) < 4.78 is 0. The van der Waals surface area contributed by atoms with Gasteiger partial charge in [-0.25, -0.2) is 0 Å². The Kier molecular flexibility index (Phi) is 28.4. The largest absolute Gasteiger partial charge is 0.508 e. The lowest BCUT2D eigenvalue weighted by Crippen LogP contribution is -2.62. The monoisotopic (exact) mass is 1300 g/mol. The van der Waals surface area contributed by atoms with Crippen molar-refractivity contribution in [3.8, 4) is 17.2 Å². The number of phenolic OH excluding ortho intramolecular Hbond substituents is 3. The lowest BCUT2D eigenvalue weighted by atomic mass is 10.00. The van der Waals surface area contributed by atoms with Crippen LogP contribution in [-0.2, 0) is 73.6 Å². The summed E-state index contributed by atoms with van der Waals surface area (Å²) in [6, 6.07) is 10.9. The van der Waals surface area contributed by atoms with Gasteiger partial charge in [0.1, 0.15) is 71.6 Å². The third-order valence-corrected chi connectivity index (χ3v) is 15.5. The van der Waals surface area contributed by atoms with Gasteiger partial charge in [-0.3, -0.25) is 47.9 Å². The number of thiol groups is 2. The fraction of sp³-hybridized carbons (Fsp3) is 0.419. The number of carbonyl (C=O) groups excluding carboxylic acids is 10. The molecule has 0 bridgehead atoms. The minimum Gasteiger partial charge on any atom is -0.508 e. The molecule has 4 aromatic carbocycles. The van der Waals surface area contributed by atoms with E-state index in [1.54, 1.807) is 56.4 Å². The molecule has 0 aliphatic rings. The number of benzene rings is 4. The Balaban J connectivity index is 1.41. The Morgan fingerprint density at radius 2 is 0.879 bits per heavy atom. The number of phenols is 3. The number of nitrogens with one attached hydrogen (secondary N) is 10. The number of aliphatic hydroxyl groups excluding tert-OH is 1. The van der Waals surface area contributed by atoms with Crippen LogP contribution in [0.3, 0.4) is 0 Å². The van der Waals surface area contributed by atoms with E-state index in [1.807, 2.05) is 0 Å². The average molecular weight is 1300 g/mol. The maximum atomic E-state index is 15.0. The molecule has 1 heterocycles. The van der Waals surface area contributed by atoms with Gasteiger partial charge in [-0.15, -0.1) is 0 Å². The molecule has 10 amide bonds. The summed E-state index contributed by atoms with van der Waals surface area (Å²) in [5, 5.41) is 64.0. The van der Waals surface area contributed by atoms with E-state index in [0.717, 1.165) is 0 Å². The zero-order chi connectivity index (χ0) is 67.1. The van der Waals surface area contributed by atoms with E-state index < -0.39 is 132 Å².